The molecule has 9 nitrogen and oxygen atoms in total. The zero-order chi connectivity index (χ0) is 14.8. The molecule has 0 heterocycles. The van der Waals surface area contributed by atoms with Crippen LogP contribution in [0.2, 0.25) is 0 Å². The number of aliphatic hydroxyl groups excluding tert-OH is 1. The first-order chi connectivity index (χ1) is 8.85. The fourth-order valence-electron chi connectivity index (χ4n) is 1.46. The predicted molar refractivity (Wildman–Crippen MR) is 60.7 cm³/mol. The van der Waals surface area contributed by atoms with Gasteiger partial charge in [0.15, 0.2) is 0 Å². The Labute approximate surface area is 174 Å². The van der Waals surface area contributed by atoms with Crippen molar-refractivity contribution in [1.29, 1.82) is 0 Å². The Morgan fingerprint density at radius 1 is 0.762 bits per heavy atom. The van der Waals surface area contributed by atoms with E-state index in [1.165, 1.54) is 4.90 Å². The largest absolute Gasteiger partial charge is 2.00 e. The Hall–Kier alpha value is 0.550. The fraction of sp³-hybridized carbons (Fsp3) is 0.700. The average molecular weight is 338 g/mol. The molecular formula is C10H15CaN2NaO7. The van der Waals surface area contributed by atoms with Crippen molar-refractivity contribution in [2.24, 2.45) is 0 Å². The van der Waals surface area contributed by atoms with Crippen LogP contribution in [0.3, 0.4) is 0 Å². The van der Waals surface area contributed by atoms with E-state index in [2.05, 4.69) is 0 Å². The van der Waals surface area contributed by atoms with Crippen LogP contribution in [0, 0.1) is 0 Å². The molecule has 1 N–H and O–H groups in total. The number of carbonyl (C=O) groups is 3. The molecule has 0 atom stereocenters. The van der Waals surface area contributed by atoms with Gasteiger partial charge >= 0.3 is 67.3 Å². The zero-order valence-electron chi connectivity index (χ0n) is 11.9. The van der Waals surface area contributed by atoms with E-state index in [1.807, 2.05) is 0 Å². The van der Waals surface area contributed by atoms with Gasteiger partial charge in [-0.1, -0.05) is 0 Å². The maximum absolute atomic E-state index is 10.4. The summed E-state index contributed by atoms with van der Waals surface area (Å²) < 4.78 is 0. The summed E-state index contributed by atoms with van der Waals surface area (Å²) in [6.45, 7) is -1.83. The normalized spacial score (nSPS) is 9.86. The molecule has 0 fully saturated rings. The number of rotatable bonds is 11. The van der Waals surface area contributed by atoms with Gasteiger partial charge in [0.1, 0.15) is 0 Å². The summed E-state index contributed by atoms with van der Waals surface area (Å²) in [5, 5.41) is 40.0. The number of carbonyl (C=O) groups excluding carboxylic acids is 3. The Balaban J connectivity index is -0.00000162. The molecule has 0 aromatic carbocycles. The molecule has 0 bridgehead atoms. The number of hydrogen-bond acceptors (Lipinski definition) is 9. The Morgan fingerprint density at radius 2 is 1.10 bits per heavy atom. The van der Waals surface area contributed by atoms with Gasteiger partial charge in [0.05, 0.1) is 24.5 Å². The van der Waals surface area contributed by atoms with E-state index < -0.39 is 37.5 Å². The maximum Gasteiger partial charge on any atom is 2.00 e. The predicted octanol–water partition coefficient (Wildman–Crippen LogP) is -9.54. The number of nitrogens with zero attached hydrogens (tertiary/aromatic N) is 2. The van der Waals surface area contributed by atoms with Gasteiger partial charge in [-0.25, -0.2) is 0 Å². The van der Waals surface area contributed by atoms with Gasteiger partial charge in [0, 0.05) is 39.3 Å². The first-order valence-electron chi connectivity index (χ1n) is 5.50. The summed E-state index contributed by atoms with van der Waals surface area (Å²) in [6, 6.07) is 0. The van der Waals surface area contributed by atoms with Crippen LogP contribution >= 0.6 is 0 Å². The van der Waals surface area contributed by atoms with Gasteiger partial charge in [-0.05, 0) is 0 Å². The van der Waals surface area contributed by atoms with Crippen molar-refractivity contribution in [3.05, 3.63) is 0 Å². The van der Waals surface area contributed by atoms with Gasteiger partial charge in [-0.3, -0.25) is 9.80 Å². The monoisotopic (exact) mass is 338 g/mol. The minimum absolute atomic E-state index is 0. The van der Waals surface area contributed by atoms with E-state index in [1.54, 1.807) is 0 Å². The van der Waals surface area contributed by atoms with E-state index in [9.17, 15) is 29.7 Å². The molecule has 0 saturated heterocycles. The summed E-state index contributed by atoms with van der Waals surface area (Å²) in [5.41, 5.74) is 0. The second kappa shape index (κ2) is 15.4. The number of carboxylic acids is 3. The van der Waals surface area contributed by atoms with Crippen LogP contribution < -0.4 is 44.9 Å². The third kappa shape index (κ3) is 16.7. The van der Waals surface area contributed by atoms with E-state index in [4.69, 9.17) is 5.11 Å². The van der Waals surface area contributed by atoms with Crippen LogP contribution in [0.4, 0.5) is 0 Å². The summed E-state index contributed by atoms with van der Waals surface area (Å²) in [7, 11) is 0. The van der Waals surface area contributed by atoms with E-state index >= 15 is 0 Å². The van der Waals surface area contributed by atoms with Crippen molar-refractivity contribution < 1.29 is 64.4 Å². The van der Waals surface area contributed by atoms with Gasteiger partial charge in [-0.2, -0.15) is 0 Å². The van der Waals surface area contributed by atoms with Crippen molar-refractivity contribution in [2.45, 2.75) is 0 Å². The van der Waals surface area contributed by atoms with Crippen LogP contribution in [-0.4, -0.2) is 116 Å². The first kappa shape index (κ1) is 26.4. The van der Waals surface area contributed by atoms with E-state index in [0.717, 1.165) is 4.90 Å². The van der Waals surface area contributed by atoms with Gasteiger partial charge in [0.2, 0.25) is 0 Å². The van der Waals surface area contributed by atoms with Crippen molar-refractivity contribution in [1.82, 2.24) is 9.80 Å². The van der Waals surface area contributed by atoms with E-state index in [-0.39, 0.29) is 93.5 Å². The standard InChI is InChI=1S/C10H18N2O7.Ca.Na/c13-4-3-11(5-8(14)15)1-2-12(6-9(16)17)7-10(18)19;;/h13H,1-7H2,(H,14,15)(H,16,17)(H,18,19);;/q;+2;+1/p-3. The Morgan fingerprint density at radius 3 is 1.43 bits per heavy atom. The molecule has 0 rings (SSSR count). The smallest absolute Gasteiger partial charge is 0.549 e. The number of hydrogen-bond donors (Lipinski definition) is 1. The average Bonchev–Trinajstić information content (AvgIpc) is 2.23. The summed E-state index contributed by atoms with van der Waals surface area (Å²) >= 11 is 0. The van der Waals surface area contributed by atoms with Gasteiger partial charge in [0.25, 0.3) is 0 Å². The SMILES string of the molecule is O=C([O-])CN(CCO)CCN(CC(=O)[O-])CC(=O)[O-].[Ca+2].[Na+]. The minimum Gasteiger partial charge on any atom is -0.549 e. The molecule has 0 aromatic heterocycles. The molecule has 0 radical (unpaired) electrons. The molecule has 0 saturated carbocycles. The first-order valence-corrected chi connectivity index (χ1v) is 5.50. The molecule has 0 amide bonds. The van der Waals surface area contributed by atoms with Gasteiger partial charge < -0.3 is 34.8 Å². The van der Waals surface area contributed by atoms with Crippen molar-refractivity contribution in [3.8, 4) is 0 Å². The molecule has 0 unspecified atom stereocenters. The molecule has 0 aromatic rings. The van der Waals surface area contributed by atoms with Crippen LogP contribution in [-0.2, 0) is 14.4 Å². The molecule has 0 spiro atoms. The Kier molecular flexibility index (Phi) is 19.5. The number of aliphatic carboxylic acids is 3. The number of carboxylic acid groups (broad SMARTS) is 3. The van der Waals surface area contributed by atoms with Crippen molar-refractivity contribution in [2.75, 3.05) is 45.9 Å². The van der Waals surface area contributed by atoms with Crippen LogP contribution in [0.25, 0.3) is 0 Å². The zero-order valence-corrected chi connectivity index (χ0v) is 16.2. The third-order valence-electron chi connectivity index (χ3n) is 2.21. The summed E-state index contributed by atoms with van der Waals surface area (Å²) in [5.74, 6) is -4.25. The van der Waals surface area contributed by atoms with E-state index in [0.29, 0.717) is 0 Å². The second-order valence-electron chi connectivity index (χ2n) is 3.83. The molecule has 0 aliphatic rings. The summed E-state index contributed by atoms with van der Waals surface area (Å²) in [4.78, 5) is 33.6. The molecule has 11 heteroatoms. The van der Waals surface area contributed by atoms with Gasteiger partial charge in [-0.15, -0.1) is 0 Å². The third-order valence-corrected chi connectivity index (χ3v) is 2.21. The van der Waals surface area contributed by atoms with Crippen molar-refractivity contribution in [3.63, 3.8) is 0 Å². The molecule has 110 valence electrons. The van der Waals surface area contributed by atoms with Crippen molar-refractivity contribution >= 4 is 55.6 Å². The fourth-order valence-corrected chi connectivity index (χ4v) is 1.46. The van der Waals surface area contributed by atoms with Crippen LogP contribution in [0.5, 0.6) is 0 Å². The quantitative estimate of drug-likeness (QED) is 0.363. The number of aliphatic hydroxyl groups is 1. The second-order valence-corrected chi connectivity index (χ2v) is 3.83. The van der Waals surface area contributed by atoms with Crippen LogP contribution in [0.15, 0.2) is 0 Å². The van der Waals surface area contributed by atoms with Crippen LogP contribution in [0.1, 0.15) is 0 Å². The Bertz CT molecular complexity index is 317. The molecule has 0 aliphatic heterocycles. The molecular weight excluding hydrogens is 323 g/mol. The minimum atomic E-state index is -1.45. The topological polar surface area (TPSA) is 147 Å². The molecule has 0 aliphatic carbocycles. The molecule has 21 heavy (non-hydrogen) atoms. The summed E-state index contributed by atoms with van der Waals surface area (Å²) in [6.07, 6.45) is 0. The maximum atomic E-state index is 10.4.